The zero-order valence-electron chi connectivity index (χ0n) is 16.0. The van der Waals surface area contributed by atoms with Crippen LogP contribution in [0.15, 0.2) is 48.5 Å². The molecule has 0 aliphatic carbocycles. The summed E-state index contributed by atoms with van der Waals surface area (Å²) in [4.78, 5) is 25.8. The lowest BCUT2D eigenvalue weighted by Crippen LogP contribution is -2.37. The smallest absolute Gasteiger partial charge is 0.246 e. The lowest BCUT2D eigenvalue weighted by molar-refractivity contribution is -0.126. The molecule has 144 valence electrons. The molecule has 0 spiro atoms. The van der Waals surface area contributed by atoms with Crippen LogP contribution in [-0.4, -0.2) is 38.6 Å². The summed E-state index contributed by atoms with van der Waals surface area (Å²) >= 11 is 0. The van der Waals surface area contributed by atoms with E-state index in [2.05, 4.69) is 26.0 Å². The number of aromatic nitrogens is 4. The van der Waals surface area contributed by atoms with Crippen LogP contribution in [0.3, 0.4) is 0 Å². The molecular formula is C20H22N6O2. The van der Waals surface area contributed by atoms with Gasteiger partial charge in [0.25, 0.3) is 0 Å². The van der Waals surface area contributed by atoms with Crippen molar-refractivity contribution in [1.82, 2.24) is 25.5 Å². The lowest BCUT2D eigenvalue weighted by Gasteiger charge is -2.13. The summed E-state index contributed by atoms with van der Waals surface area (Å²) in [5.41, 5.74) is 3.51. The van der Waals surface area contributed by atoms with Crippen LogP contribution in [0.1, 0.15) is 24.1 Å². The number of nitrogens with zero attached hydrogens (tertiary/aromatic N) is 4. The van der Waals surface area contributed by atoms with Crippen LogP contribution >= 0.6 is 0 Å². The van der Waals surface area contributed by atoms with Gasteiger partial charge < -0.3 is 10.6 Å². The first kappa shape index (κ1) is 19.2. The van der Waals surface area contributed by atoms with E-state index in [0.29, 0.717) is 5.82 Å². The van der Waals surface area contributed by atoms with Gasteiger partial charge in [-0.25, -0.2) is 0 Å². The maximum atomic E-state index is 12.4. The van der Waals surface area contributed by atoms with Crippen molar-refractivity contribution in [2.75, 3.05) is 11.9 Å². The molecule has 0 bridgehead atoms. The Bertz CT molecular complexity index is 963. The number of aryl methyl sites for hydroxylation is 2. The third-order valence-electron chi connectivity index (χ3n) is 4.35. The third-order valence-corrected chi connectivity index (χ3v) is 4.35. The Morgan fingerprint density at radius 3 is 2.39 bits per heavy atom. The molecule has 2 N–H and O–H groups in total. The first-order valence-electron chi connectivity index (χ1n) is 8.94. The maximum Gasteiger partial charge on any atom is 0.246 e. The van der Waals surface area contributed by atoms with E-state index in [1.165, 1.54) is 4.80 Å². The van der Waals surface area contributed by atoms with Crippen molar-refractivity contribution >= 4 is 17.5 Å². The minimum Gasteiger partial charge on any atom is -0.345 e. The first-order chi connectivity index (χ1) is 13.5. The number of hydrogen-bond donors (Lipinski definition) is 2. The number of anilines is 1. The minimum absolute atomic E-state index is 0.142. The zero-order chi connectivity index (χ0) is 20.1. The van der Waals surface area contributed by atoms with Gasteiger partial charge in [-0.1, -0.05) is 48.5 Å². The van der Waals surface area contributed by atoms with E-state index in [1.54, 1.807) is 6.92 Å². The standard InChI is InChI=1S/C20H22N6O2/c1-13-8-7-9-14(2)18(13)22-17(27)12-21-20(28)15(3)26-24-19(23-25-26)16-10-5-4-6-11-16/h4-11,15H,12H2,1-3H3,(H,21,28)(H,22,27). The normalized spacial score (nSPS) is 11.7. The number of nitrogens with one attached hydrogen (secondary N) is 2. The quantitative estimate of drug-likeness (QED) is 0.685. The topological polar surface area (TPSA) is 102 Å². The molecule has 8 nitrogen and oxygen atoms in total. The molecule has 1 atom stereocenters. The van der Waals surface area contributed by atoms with Crippen molar-refractivity contribution in [2.45, 2.75) is 26.8 Å². The molecule has 1 heterocycles. The fraction of sp³-hybridized carbons (Fsp3) is 0.250. The second kappa shape index (κ2) is 8.43. The molecule has 0 aliphatic rings. The molecule has 28 heavy (non-hydrogen) atoms. The highest BCUT2D eigenvalue weighted by Crippen LogP contribution is 2.19. The Hall–Kier alpha value is -3.55. The Kier molecular flexibility index (Phi) is 5.78. The molecule has 3 rings (SSSR count). The van der Waals surface area contributed by atoms with Crippen LogP contribution in [0, 0.1) is 13.8 Å². The largest absolute Gasteiger partial charge is 0.345 e. The molecule has 2 aromatic carbocycles. The average molecular weight is 378 g/mol. The number of amides is 2. The molecular weight excluding hydrogens is 356 g/mol. The van der Waals surface area contributed by atoms with Crippen molar-refractivity contribution in [2.24, 2.45) is 0 Å². The summed E-state index contributed by atoms with van der Waals surface area (Å²) in [5, 5.41) is 17.6. The van der Waals surface area contributed by atoms with Crippen LogP contribution in [0.4, 0.5) is 5.69 Å². The summed E-state index contributed by atoms with van der Waals surface area (Å²) in [6.07, 6.45) is 0. The van der Waals surface area contributed by atoms with E-state index in [4.69, 9.17) is 0 Å². The summed E-state index contributed by atoms with van der Waals surface area (Å²) in [5.74, 6) is -0.226. The Balaban J connectivity index is 1.57. The molecule has 0 fully saturated rings. The van der Waals surface area contributed by atoms with E-state index in [0.717, 1.165) is 22.4 Å². The molecule has 2 amide bonds. The Labute approximate surface area is 163 Å². The molecule has 1 unspecified atom stereocenters. The number of rotatable bonds is 6. The van der Waals surface area contributed by atoms with E-state index < -0.39 is 6.04 Å². The molecule has 0 aliphatic heterocycles. The molecule has 3 aromatic rings. The van der Waals surface area contributed by atoms with Crippen molar-refractivity contribution in [3.8, 4) is 11.4 Å². The molecule has 0 saturated carbocycles. The fourth-order valence-corrected chi connectivity index (χ4v) is 2.71. The second-order valence-corrected chi connectivity index (χ2v) is 6.51. The van der Waals surface area contributed by atoms with E-state index in [9.17, 15) is 9.59 Å². The van der Waals surface area contributed by atoms with E-state index in [-0.39, 0.29) is 18.4 Å². The number of carbonyl (C=O) groups excluding carboxylic acids is 2. The number of carbonyl (C=O) groups is 2. The van der Waals surface area contributed by atoms with Gasteiger partial charge in [-0.05, 0) is 37.1 Å². The van der Waals surface area contributed by atoms with Gasteiger partial charge in [0.1, 0.15) is 6.04 Å². The maximum absolute atomic E-state index is 12.4. The number of hydrogen-bond acceptors (Lipinski definition) is 5. The summed E-state index contributed by atoms with van der Waals surface area (Å²) in [7, 11) is 0. The van der Waals surface area contributed by atoms with Crippen molar-refractivity contribution < 1.29 is 9.59 Å². The predicted octanol–water partition coefficient (Wildman–Crippen LogP) is 2.27. The summed E-state index contributed by atoms with van der Waals surface area (Å²) in [6.45, 7) is 5.35. The summed E-state index contributed by atoms with van der Waals surface area (Å²) in [6, 6.07) is 14.5. The van der Waals surface area contributed by atoms with E-state index >= 15 is 0 Å². The van der Waals surface area contributed by atoms with Crippen LogP contribution in [0.5, 0.6) is 0 Å². The van der Waals surface area contributed by atoms with Crippen LogP contribution in [0.2, 0.25) is 0 Å². The average Bonchev–Trinajstić information content (AvgIpc) is 3.19. The molecule has 0 saturated heterocycles. The Morgan fingerprint density at radius 2 is 1.71 bits per heavy atom. The molecule has 8 heteroatoms. The Morgan fingerprint density at radius 1 is 1.04 bits per heavy atom. The van der Waals surface area contributed by atoms with Crippen molar-refractivity contribution in [1.29, 1.82) is 0 Å². The van der Waals surface area contributed by atoms with Gasteiger partial charge in [-0.15, -0.1) is 10.2 Å². The van der Waals surface area contributed by atoms with Crippen LogP contribution in [0.25, 0.3) is 11.4 Å². The number of benzene rings is 2. The van der Waals surface area contributed by atoms with Crippen molar-refractivity contribution in [3.05, 3.63) is 59.7 Å². The highest BCUT2D eigenvalue weighted by atomic mass is 16.2. The first-order valence-corrected chi connectivity index (χ1v) is 8.94. The SMILES string of the molecule is Cc1cccc(C)c1NC(=O)CNC(=O)C(C)n1nnc(-c2ccccc2)n1. The number of para-hydroxylation sites is 1. The van der Waals surface area contributed by atoms with Crippen LogP contribution in [-0.2, 0) is 9.59 Å². The van der Waals surface area contributed by atoms with Gasteiger partial charge in [-0.3, -0.25) is 9.59 Å². The van der Waals surface area contributed by atoms with Gasteiger partial charge in [0, 0.05) is 11.3 Å². The number of tetrazole rings is 1. The third kappa shape index (κ3) is 4.40. The molecule has 1 aromatic heterocycles. The zero-order valence-corrected chi connectivity index (χ0v) is 16.0. The highest BCUT2D eigenvalue weighted by molar-refractivity contribution is 5.96. The van der Waals surface area contributed by atoms with Crippen LogP contribution < -0.4 is 10.6 Å². The summed E-state index contributed by atoms with van der Waals surface area (Å²) < 4.78 is 0. The van der Waals surface area contributed by atoms with Gasteiger partial charge in [0.15, 0.2) is 0 Å². The van der Waals surface area contributed by atoms with Gasteiger partial charge >= 0.3 is 0 Å². The fourth-order valence-electron chi connectivity index (χ4n) is 2.71. The predicted molar refractivity (Wildman–Crippen MR) is 106 cm³/mol. The second-order valence-electron chi connectivity index (χ2n) is 6.51. The highest BCUT2D eigenvalue weighted by Gasteiger charge is 2.19. The van der Waals surface area contributed by atoms with Gasteiger partial charge in [0.05, 0.1) is 6.54 Å². The molecule has 0 radical (unpaired) electrons. The lowest BCUT2D eigenvalue weighted by atomic mass is 10.1. The monoisotopic (exact) mass is 378 g/mol. The van der Waals surface area contributed by atoms with Crippen molar-refractivity contribution in [3.63, 3.8) is 0 Å². The van der Waals surface area contributed by atoms with Gasteiger partial charge in [-0.2, -0.15) is 4.80 Å². The minimum atomic E-state index is -0.696. The van der Waals surface area contributed by atoms with Gasteiger partial charge in [0.2, 0.25) is 17.6 Å². The van der Waals surface area contributed by atoms with E-state index in [1.807, 2.05) is 62.4 Å².